The summed E-state index contributed by atoms with van der Waals surface area (Å²) in [5, 5.41) is 0. The highest BCUT2D eigenvalue weighted by molar-refractivity contribution is 8.14. The topological polar surface area (TPSA) is 0 Å². The lowest BCUT2D eigenvalue weighted by molar-refractivity contribution is 0.726. The van der Waals surface area contributed by atoms with E-state index in [1.807, 2.05) is 0 Å². The van der Waals surface area contributed by atoms with Crippen LogP contribution in [0.3, 0.4) is 0 Å². The maximum atomic E-state index is 5.78. The number of hydrogen-bond acceptors (Lipinski definition) is 1. The van der Waals surface area contributed by atoms with Gasteiger partial charge in [0, 0.05) is 0 Å². The molecule has 0 atom stereocenters. The third-order valence-electron chi connectivity index (χ3n) is 2.76. The van der Waals surface area contributed by atoms with Crippen molar-refractivity contribution in [3.63, 3.8) is 0 Å². The van der Waals surface area contributed by atoms with Crippen molar-refractivity contribution in [2.45, 2.75) is 45.2 Å². The summed E-state index contributed by atoms with van der Waals surface area (Å²) in [4.78, 5) is 0. The first kappa shape index (κ1) is 9.74. The van der Waals surface area contributed by atoms with Crippen LogP contribution in [0.25, 0.3) is 0 Å². The van der Waals surface area contributed by atoms with Gasteiger partial charge in [0.15, 0.2) is 0 Å². The van der Waals surface area contributed by atoms with E-state index in [0.29, 0.717) is 0 Å². The molecule has 11 heavy (non-hydrogen) atoms. The number of rotatable bonds is 1. The molecule has 0 bridgehead atoms. The summed E-state index contributed by atoms with van der Waals surface area (Å²) in [6.45, 7) is 4.65. The Balaban J connectivity index is 2.60. The largest absolute Gasteiger partial charge is 0.0972 e. The van der Waals surface area contributed by atoms with Gasteiger partial charge in [-0.25, -0.2) is 0 Å². The molecule has 1 rings (SSSR count). The Kier molecular flexibility index (Phi) is 3.58. The molecule has 1 fully saturated rings. The van der Waals surface area contributed by atoms with Crippen LogP contribution >= 0.6 is 6.04 Å². The Bertz CT molecular complexity index is 151. The molecule has 66 valence electrons. The molecule has 0 aromatic heterocycles. The average molecular weight is 190 g/mol. The number of hydrogen-bond donors (Lipinski definition) is 0. The summed E-state index contributed by atoms with van der Waals surface area (Å²) in [6, 6.07) is -0.895. The maximum Gasteiger partial charge on any atom is -0.0175 e. The van der Waals surface area contributed by atoms with Crippen molar-refractivity contribution in [3.05, 3.63) is 0 Å². The zero-order valence-corrected chi connectivity index (χ0v) is 9.39. The highest BCUT2D eigenvalue weighted by Crippen LogP contribution is 2.53. The van der Waals surface area contributed by atoms with Gasteiger partial charge in [0.1, 0.15) is 0 Å². The zero-order valence-electron chi connectivity index (χ0n) is 7.68. The molecule has 1 aliphatic rings. The van der Waals surface area contributed by atoms with Crippen LogP contribution in [0.2, 0.25) is 0 Å². The second kappa shape index (κ2) is 4.05. The van der Waals surface area contributed by atoms with Crippen LogP contribution in [-0.4, -0.2) is 18.0 Å². The normalized spacial score (nSPS) is 25.0. The van der Waals surface area contributed by atoms with Crippen molar-refractivity contribution in [2.24, 2.45) is 0 Å². The Morgan fingerprint density at radius 1 is 1.00 bits per heavy atom. The van der Waals surface area contributed by atoms with Gasteiger partial charge < -0.3 is 0 Å². The van der Waals surface area contributed by atoms with Gasteiger partial charge in [0.2, 0.25) is 0 Å². The summed E-state index contributed by atoms with van der Waals surface area (Å²) in [7, 11) is 0. The molecule has 1 saturated heterocycles. The van der Waals surface area contributed by atoms with Crippen molar-refractivity contribution in [3.8, 4) is 0 Å². The Labute approximate surface area is 75.8 Å². The highest BCUT2D eigenvalue weighted by atomic mass is 32.4. The monoisotopic (exact) mass is 190 g/mol. The third-order valence-corrected chi connectivity index (χ3v) is 9.15. The van der Waals surface area contributed by atoms with Gasteiger partial charge >= 0.3 is 0 Å². The van der Waals surface area contributed by atoms with Gasteiger partial charge in [-0.2, -0.15) is 0 Å². The summed E-state index contributed by atoms with van der Waals surface area (Å²) >= 11 is 5.78. The van der Waals surface area contributed by atoms with Crippen molar-refractivity contribution in [2.75, 3.05) is 12.3 Å². The second-order valence-electron chi connectivity index (χ2n) is 3.91. The molecule has 0 amide bonds. The minimum absolute atomic E-state index is 0.801. The minimum Gasteiger partial charge on any atom is -0.0972 e. The van der Waals surface area contributed by atoms with Crippen LogP contribution in [0.5, 0.6) is 0 Å². The van der Waals surface area contributed by atoms with Crippen LogP contribution in [0, 0.1) is 0 Å². The van der Waals surface area contributed by atoms with Gasteiger partial charge in [0.05, 0.1) is 0 Å². The highest BCUT2D eigenvalue weighted by Gasteiger charge is 2.22. The first-order chi connectivity index (χ1) is 5.15. The Morgan fingerprint density at radius 2 is 1.45 bits per heavy atom. The van der Waals surface area contributed by atoms with E-state index in [4.69, 9.17) is 11.8 Å². The molecule has 0 saturated carbocycles. The molecule has 2 heteroatoms. The van der Waals surface area contributed by atoms with E-state index in [-0.39, 0.29) is 0 Å². The lowest BCUT2D eigenvalue weighted by Gasteiger charge is -2.23. The molecule has 0 nitrogen and oxygen atoms in total. The van der Waals surface area contributed by atoms with E-state index in [2.05, 4.69) is 13.8 Å². The predicted octanol–water partition coefficient (Wildman–Crippen LogP) is 3.45. The summed E-state index contributed by atoms with van der Waals surface area (Å²) < 4.78 is 0. The predicted molar refractivity (Wildman–Crippen MR) is 57.6 cm³/mol. The zero-order chi connectivity index (χ0) is 8.32. The van der Waals surface area contributed by atoms with Crippen LogP contribution in [0.1, 0.15) is 39.5 Å². The van der Waals surface area contributed by atoms with Crippen molar-refractivity contribution >= 4 is 17.8 Å². The molecule has 0 aromatic rings. The van der Waals surface area contributed by atoms with E-state index in [9.17, 15) is 0 Å². The lowest BCUT2D eigenvalue weighted by Crippen LogP contribution is -2.03. The molecule has 0 radical (unpaired) electrons. The maximum absolute atomic E-state index is 5.78. The molecule has 0 N–H and O–H groups in total. The van der Waals surface area contributed by atoms with Gasteiger partial charge in [-0.1, -0.05) is 38.5 Å². The Hall–Kier alpha value is 0.650. The minimum atomic E-state index is -0.895. The smallest absolute Gasteiger partial charge is 0.0175 e. The van der Waals surface area contributed by atoms with Gasteiger partial charge in [-0.3, -0.25) is 0 Å². The third kappa shape index (κ3) is 2.56. The quantitative estimate of drug-likeness (QED) is 0.571. The first-order valence-electron chi connectivity index (χ1n) is 4.73. The Morgan fingerprint density at radius 3 is 1.82 bits per heavy atom. The van der Waals surface area contributed by atoms with Gasteiger partial charge in [-0.15, -0.1) is 0 Å². The van der Waals surface area contributed by atoms with Crippen molar-refractivity contribution in [1.82, 2.24) is 0 Å². The van der Waals surface area contributed by atoms with E-state index in [1.165, 1.54) is 38.0 Å². The van der Waals surface area contributed by atoms with Crippen molar-refractivity contribution in [1.29, 1.82) is 0 Å². The second-order valence-corrected chi connectivity index (χ2v) is 9.92. The first-order valence-corrected chi connectivity index (χ1v) is 7.97. The average Bonchev–Trinajstić information content (AvgIpc) is 2.15. The summed E-state index contributed by atoms with van der Waals surface area (Å²) in [5.41, 5.74) is 0.801. The fourth-order valence-electron chi connectivity index (χ4n) is 1.74. The molecular formula is C9H19PS. The van der Waals surface area contributed by atoms with Gasteiger partial charge in [0.25, 0.3) is 0 Å². The van der Waals surface area contributed by atoms with E-state index in [1.54, 1.807) is 0 Å². The van der Waals surface area contributed by atoms with Crippen molar-refractivity contribution < 1.29 is 0 Å². The molecule has 0 aliphatic carbocycles. The van der Waals surface area contributed by atoms with E-state index < -0.39 is 6.04 Å². The van der Waals surface area contributed by atoms with E-state index >= 15 is 0 Å². The summed E-state index contributed by atoms with van der Waals surface area (Å²) in [6.07, 6.45) is 8.47. The fourth-order valence-corrected chi connectivity index (χ4v) is 5.29. The van der Waals surface area contributed by atoms with E-state index in [0.717, 1.165) is 5.66 Å². The molecule has 0 unspecified atom stereocenters. The van der Waals surface area contributed by atoms with Crippen LogP contribution in [0.4, 0.5) is 0 Å². The molecule has 1 aliphatic heterocycles. The molecule has 0 aromatic carbocycles. The molecular weight excluding hydrogens is 171 g/mol. The SMILES string of the molecule is CC(C)P1(=S)CCCCCC1. The van der Waals surface area contributed by atoms with Crippen LogP contribution < -0.4 is 0 Å². The van der Waals surface area contributed by atoms with Crippen LogP contribution in [0.15, 0.2) is 0 Å². The molecule has 0 spiro atoms. The lowest BCUT2D eigenvalue weighted by atomic mass is 10.2. The fraction of sp³-hybridized carbons (Fsp3) is 1.00. The van der Waals surface area contributed by atoms with Gasteiger partial charge in [-0.05, 0) is 36.9 Å². The van der Waals surface area contributed by atoms with Crippen LogP contribution in [-0.2, 0) is 11.8 Å². The molecule has 1 heterocycles. The standard InChI is InChI=1S/C9H19PS/c1-9(2)10(11)7-5-3-4-6-8-10/h9H,3-8H2,1-2H3. The summed E-state index contributed by atoms with van der Waals surface area (Å²) in [5.74, 6) is 0.